The van der Waals surface area contributed by atoms with Gasteiger partial charge in [0.1, 0.15) is 0 Å². The van der Waals surface area contributed by atoms with Crippen LogP contribution in [0.5, 0.6) is 0 Å². The van der Waals surface area contributed by atoms with Crippen molar-refractivity contribution >= 4 is 5.91 Å². The van der Waals surface area contributed by atoms with Crippen LogP contribution in [0.4, 0.5) is 0 Å². The molecule has 0 spiro atoms. The van der Waals surface area contributed by atoms with Crippen molar-refractivity contribution in [3.8, 4) is 0 Å². The van der Waals surface area contributed by atoms with Gasteiger partial charge in [-0.3, -0.25) is 4.79 Å². The molecule has 0 aliphatic carbocycles. The molecule has 0 aromatic heterocycles. The molecule has 2 heterocycles. The zero-order chi connectivity index (χ0) is 18.4. The van der Waals surface area contributed by atoms with Crippen LogP contribution in [-0.4, -0.2) is 55.1 Å². The third-order valence-corrected chi connectivity index (χ3v) is 5.58. The van der Waals surface area contributed by atoms with Crippen molar-refractivity contribution in [1.82, 2.24) is 20.9 Å². The van der Waals surface area contributed by atoms with E-state index in [9.17, 15) is 4.79 Å². The molecule has 5 nitrogen and oxygen atoms in total. The zero-order valence-electron chi connectivity index (χ0n) is 16.3. The number of rotatable bonds is 7. The Morgan fingerprint density at radius 3 is 2.65 bits per heavy atom. The maximum atomic E-state index is 12.3. The number of carbonyl (C=O) groups excluding carboxylic acids is 1. The molecule has 1 aromatic carbocycles. The SMILES string of the molecule is CC1(C)CC(NCc2ccc(C(=O)NCCN3CCCC3)cc2)CCN1. The number of hydrogen-bond donors (Lipinski definition) is 3. The van der Waals surface area contributed by atoms with Gasteiger partial charge in [0.25, 0.3) is 5.91 Å². The summed E-state index contributed by atoms with van der Waals surface area (Å²) in [6.45, 7) is 10.5. The molecule has 1 aromatic rings. The number of nitrogens with one attached hydrogen (secondary N) is 3. The fraction of sp³-hybridized carbons (Fsp3) is 0.667. The average molecular weight is 359 g/mol. The molecule has 26 heavy (non-hydrogen) atoms. The molecule has 1 amide bonds. The molecule has 2 fully saturated rings. The van der Waals surface area contributed by atoms with Crippen LogP contribution in [0, 0.1) is 0 Å². The molecule has 3 rings (SSSR count). The lowest BCUT2D eigenvalue weighted by Gasteiger charge is -2.37. The largest absolute Gasteiger partial charge is 0.351 e. The molecular formula is C21H34N4O. The molecular weight excluding hydrogens is 324 g/mol. The molecule has 1 atom stereocenters. The van der Waals surface area contributed by atoms with Crippen molar-refractivity contribution in [2.45, 2.75) is 57.7 Å². The van der Waals surface area contributed by atoms with Crippen LogP contribution in [-0.2, 0) is 6.54 Å². The Morgan fingerprint density at radius 1 is 1.23 bits per heavy atom. The van der Waals surface area contributed by atoms with Gasteiger partial charge in [-0.05, 0) is 76.9 Å². The van der Waals surface area contributed by atoms with Crippen LogP contribution >= 0.6 is 0 Å². The highest BCUT2D eigenvalue weighted by atomic mass is 16.1. The van der Waals surface area contributed by atoms with Gasteiger partial charge in [0.2, 0.25) is 0 Å². The van der Waals surface area contributed by atoms with E-state index in [2.05, 4.69) is 46.8 Å². The van der Waals surface area contributed by atoms with Crippen LogP contribution in [0.15, 0.2) is 24.3 Å². The summed E-state index contributed by atoms with van der Waals surface area (Å²) < 4.78 is 0. The van der Waals surface area contributed by atoms with Gasteiger partial charge in [-0.25, -0.2) is 0 Å². The summed E-state index contributed by atoms with van der Waals surface area (Å²) in [5.74, 6) is 0.0313. The second-order valence-electron chi connectivity index (χ2n) is 8.38. The fourth-order valence-corrected chi connectivity index (χ4v) is 4.02. The van der Waals surface area contributed by atoms with E-state index < -0.39 is 0 Å². The van der Waals surface area contributed by atoms with Gasteiger partial charge in [0.15, 0.2) is 0 Å². The van der Waals surface area contributed by atoms with E-state index >= 15 is 0 Å². The number of benzene rings is 1. The van der Waals surface area contributed by atoms with Gasteiger partial charge in [0.05, 0.1) is 0 Å². The Kier molecular flexibility index (Phi) is 6.68. The Morgan fingerprint density at radius 2 is 1.96 bits per heavy atom. The minimum atomic E-state index is 0.0313. The number of nitrogens with zero attached hydrogens (tertiary/aromatic N) is 1. The lowest BCUT2D eigenvalue weighted by Crippen LogP contribution is -2.51. The fourth-order valence-electron chi connectivity index (χ4n) is 4.02. The van der Waals surface area contributed by atoms with Crippen molar-refractivity contribution < 1.29 is 4.79 Å². The number of likely N-dealkylation sites (tertiary alicyclic amines) is 1. The topological polar surface area (TPSA) is 56.4 Å². The maximum Gasteiger partial charge on any atom is 0.251 e. The lowest BCUT2D eigenvalue weighted by atomic mass is 9.89. The Balaban J connectivity index is 1.40. The van der Waals surface area contributed by atoms with Crippen molar-refractivity contribution in [2.24, 2.45) is 0 Å². The number of piperidine rings is 1. The van der Waals surface area contributed by atoms with Gasteiger partial charge in [-0.15, -0.1) is 0 Å². The molecule has 3 N–H and O–H groups in total. The predicted molar refractivity (Wildman–Crippen MR) is 106 cm³/mol. The molecule has 1 unspecified atom stereocenters. The predicted octanol–water partition coefficient (Wildman–Crippen LogP) is 2.13. The van der Waals surface area contributed by atoms with Gasteiger partial charge < -0.3 is 20.9 Å². The molecule has 0 radical (unpaired) electrons. The third-order valence-electron chi connectivity index (χ3n) is 5.58. The Bertz CT molecular complexity index is 578. The van der Waals surface area contributed by atoms with E-state index in [1.54, 1.807) is 0 Å². The van der Waals surface area contributed by atoms with Gasteiger partial charge in [-0.2, -0.15) is 0 Å². The van der Waals surface area contributed by atoms with Gasteiger partial charge in [-0.1, -0.05) is 12.1 Å². The summed E-state index contributed by atoms with van der Waals surface area (Å²) in [6.07, 6.45) is 4.89. The quantitative estimate of drug-likeness (QED) is 0.699. The summed E-state index contributed by atoms with van der Waals surface area (Å²) in [7, 11) is 0. The van der Waals surface area contributed by atoms with Crippen LogP contribution < -0.4 is 16.0 Å². The Labute approximate surface area is 157 Å². The monoisotopic (exact) mass is 358 g/mol. The number of carbonyl (C=O) groups is 1. The third kappa shape index (κ3) is 5.79. The van der Waals surface area contributed by atoms with Crippen molar-refractivity contribution in [3.63, 3.8) is 0 Å². The minimum Gasteiger partial charge on any atom is -0.351 e. The van der Waals surface area contributed by atoms with E-state index in [-0.39, 0.29) is 11.4 Å². The standard InChI is InChI=1S/C21H34N4O/c1-21(2)15-19(9-10-24-21)23-16-17-5-7-18(8-6-17)20(26)22-11-14-25-12-3-4-13-25/h5-8,19,23-24H,3-4,9-16H2,1-2H3,(H,22,26). The molecule has 5 heteroatoms. The minimum absolute atomic E-state index is 0.0313. The second-order valence-corrected chi connectivity index (χ2v) is 8.38. The Hall–Kier alpha value is -1.43. The summed E-state index contributed by atoms with van der Waals surface area (Å²) in [4.78, 5) is 14.7. The average Bonchev–Trinajstić information content (AvgIpc) is 3.13. The summed E-state index contributed by atoms with van der Waals surface area (Å²) in [5.41, 5.74) is 2.19. The van der Waals surface area contributed by atoms with E-state index in [1.807, 2.05) is 12.1 Å². The number of hydrogen-bond acceptors (Lipinski definition) is 4. The van der Waals surface area contributed by atoms with Crippen LogP contribution in [0.1, 0.15) is 55.5 Å². The summed E-state index contributed by atoms with van der Waals surface area (Å²) >= 11 is 0. The zero-order valence-corrected chi connectivity index (χ0v) is 16.3. The molecule has 0 bridgehead atoms. The van der Waals surface area contributed by atoms with Crippen molar-refractivity contribution in [1.29, 1.82) is 0 Å². The van der Waals surface area contributed by atoms with Crippen LogP contribution in [0.2, 0.25) is 0 Å². The van der Waals surface area contributed by atoms with Crippen LogP contribution in [0.3, 0.4) is 0 Å². The first-order valence-electron chi connectivity index (χ1n) is 10.1. The smallest absolute Gasteiger partial charge is 0.251 e. The maximum absolute atomic E-state index is 12.3. The van der Waals surface area contributed by atoms with E-state index in [4.69, 9.17) is 0 Å². The molecule has 144 valence electrons. The normalized spacial score (nSPS) is 23.1. The summed E-state index contributed by atoms with van der Waals surface area (Å²) in [5, 5.41) is 10.2. The van der Waals surface area contributed by atoms with Crippen molar-refractivity contribution in [2.75, 3.05) is 32.7 Å². The van der Waals surface area contributed by atoms with E-state index in [0.29, 0.717) is 6.04 Å². The highest BCUT2D eigenvalue weighted by Crippen LogP contribution is 2.18. The van der Waals surface area contributed by atoms with E-state index in [0.717, 1.165) is 38.2 Å². The number of amides is 1. The molecule has 0 saturated carbocycles. The van der Waals surface area contributed by atoms with Gasteiger partial charge in [0, 0.05) is 36.8 Å². The lowest BCUT2D eigenvalue weighted by molar-refractivity contribution is 0.0949. The van der Waals surface area contributed by atoms with E-state index in [1.165, 1.54) is 37.9 Å². The van der Waals surface area contributed by atoms with Crippen LogP contribution in [0.25, 0.3) is 0 Å². The summed E-state index contributed by atoms with van der Waals surface area (Å²) in [6, 6.07) is 8.56. The first kappa shape index (κ1) is 19.3. The van der Waals surface area contributed by atoms with Gasteiger partial charge >= 0.3 is 0 Å². The van der Waals surface area contributed by atoms with Crippen molar-refractivity contribution in [3.05, 3.63) is 35.4 Å². The molecule has 2 aliphatic rings. The highest BCUT2D eigenvalue weighted by molar-refractivity contribution is 5.94. The first-order valence-corrected chi connectivity index (χ1v) is 10.1. The first-order chi connectivity index (χ1) is 12.5. The molecule has 2 aliphatic heterocycles. The second kappa shape index (κ2) is 8.98. The molecule has 2 saturated heterocycles. The highest BCUT2D eigenvalue weighted by Gasteiger charge is 2.26.